The third-order valence-electron chi connectivity index (χ3n) is 3.70. The maximum absolute atomic E-state index is 11.8. The summed E-state index contributed by atoms with van der Waals surface area (Å²) in [4.78, 5) is 23.9. The lowest BCUT2D eigenvalue weighted by Gasteiger charge is -2.21. The van der Waals surface area contributed by atoms with E-state index in [0.717, 1.165) is 19.4 Å². The van der Waals surface area contributed by atoms with Crippen molar-refractivity contribution in [1.82, 2.24) is 10.2 Å². The van der Waals surface area contributed by atoms with E-state index >= 15 is 0 Å². The highest BCUT2D eigenvalue weighted by Gasteiger charge is 2.18. The first kappa shape index (κ1) is 15.8. The minimum atomic E-state index is -0.750. The fourth-order valence-electron chi connectivity index (χ4n) is 2.57. The van der Waals surface area contributed by atoms with Gasteiger partial charge in [0.1, 0.15) is 0 Å². The van der Waals surface area contributed by atoms with Gasteiger partial charge in [-0.2, -0.15) is 0 Å². The Morgan fingerprint density at radius 3 is 2.53 bits per heavy atom. The molecule has 1 fully saturated rings. The lowest BCUT2D eigenvalue weighted by Crippen LogP contribution is -2.39. The molecular weight excluding hydrogens is 244 g/mol. The number of carboxylic acids is 1. The van der Waals surface area contributed by atoms with E-state index in [2.05, 4.69) is 5.32 Å². The van der Waals surface area contributed by atoms with E-state index in [4.69, 9.17) is 5.11 Å². The van der Waals surface area contributed by atoms with Crippen molar-refractivity contribution in [3.05, 3.63) is 0 Å². The second-order valence-corrected chi connectivity index (χ2v) is 5.47. The van der Waals surface area contributed by atoms with Crippen LogP contribution in [0.5, 0.6) is 0 Å². The van der Waals surface area contributed by atoms with Gasteiger partial charge in [-0.1, -0.05) is 19.3 Å². The molecule has 0 aliphatic heterocycles. The largest absolute Gasteiger partial charge is 0.481 e. The molecule has 5 nitrogen and oxygen atoms in total. The summed E-state index contributed by atoms with van der Waals surface area (Å²) in [5, 5.41) is 11.4. The van der Waals surface area contributed by atoms with E-state index in [9.17, 15) is 9.59 Å². The highest BCUT2D eigenvalue weighted by atomic mass is 16.4. The average Bonchev–Trinajstić information content (AvgIpc) is 2.85. The lowest BCUT2D eigenvalue weighted by molar-refractivity contribution is -0.137. The number of carbonyl (C=O) groups excluding carboxylic acids is 1. The van der Waals surface area contributed by atoms with Gasteiger partial charge < -0.3 is 15.3 Å². The van der Waals surface area contributed by atoms with E-state index < -0.39 is 5.97 Å². The van der Waals surface area contributed by atoms with Gasteiger partial charge in [0.2, 0.25) is 0 Å². The number of nitrogens with zero attached hydrogens (tertiary/aromatic N) is 1. The van der Waals surface area contributed by atoms with Gasteiger partial charge in [0.25, 0.3) is 0 Å². The van der Waals surface area contributed by atoms with Crippen LogP contribution >= 0.6 is 0 Å². The molecule has 0 aromatic rings. The van der Waals surface area contributed by atoms with E-state index in [1.54, 1.807) is 4.90 Å². The number of nitrogens with one attached hydrogen (secondary N) is 1. The second kappa shape index (κ2) is 8.77. The molecule has 0 aromatic carbocycles. The molecule has 1 aliphatic carbocycles. The molecule has 5 heteroatoms. The van der Waals surface area contributed by atoms with Crippen LogP contribution in [0.25, 0.3) is 0 Å². The van der Waals surface area contributed by atoms with Crippen molar-refractivity contribution in [3.8, 4) is 0 Å². The summed E-state index contributed by atoms with van der Waals surface area (Å²) >= 11 is 0. The number of carboxylic acid groups (broad SMARTS) is 1. The third-order valence-corrected chi connectivity index (χ3v) is 3.70. The van der Waals surface area contributed by atoms with Gasteiger partial charge in [0.15, 0.2) is 0 Å². The Balaban J connectivity index is 2.01. The number of amides is 2. The monoisotopic (exact) mass is 270 g/mol. The predicted molar refractivity (Wildman–Crippen MR) is 74.1 cm³/mol. The van der Waals surface area contributed by atoms with Gasteiger partial charge in [-0.25, -0.2) is 4.79 Å². The molecular formula is C14H26N2O3. The lowest BCUT2D eigenvalue weighted by atomic mass is 10.1. The minimum Gasteiger partial charge on any atom is -0.481 e. The van der Waals surface area contributed by atoms with Gasteiger partial charge in [0.05, 0.1) is 0 Å². The maximum Gasteiger partial charge on any atom is 0.317 e. The fraction of sp³-hybridized carbons (Fsp3) is 0.857. The van der Waals surface area contributed by atoms with Gasteiger partial charge >= 0.3 is 12.0 Å². The van der Waals surface area contributed by atoms with Crippen molar-refractivity contribution in [2.45, 2.75) is 51.4 Å². The average molecular weight is 270 g/mol. The van der Waals surface area contributed by atoms with Gasteiger partial charge in [-0.05, 0) is 31.6 Å². The molecule has 0 unspecified atom stereocenters. The van der Waals surface area contributed by atoms with Crippen molar-refractivity contribution in [2.24, 2.45) is 5.92 Å². The molecule has 19 heavy (non-hydrogen) atoms. The molecule has 1 rings (SSSR count). The van der Waals surface area contributed by atoms with E-state index in [1.165, 1.54) is 25.7 Å². The normalized spacial score (nSPS) is 15.4. The highest BCUT2D eigenvalue weighted by Crippen LogP contribution is 2.25. The van der Waals surface area contributed by atoms with Gasteiger partial charge in [-0.3, -0.25) is 4.79 Å². The zero-order valence-corrected chi connectivity index (χ0v) is 11.9. The first-order chi connectivity index (χ1) is 9.09. The molecule has 2 amide bonds. The van der Waals surface area contributed by atoms with Crippen molar-refractivity contribution < 1.29 is 14.7 Å². The number of carbonyl (C=O) groups is 2. The summed E-state index contributed by atoms with van der Waals surface area (Å²) < 4.78 is 0. The van der Waals surface area contributed by atoms with Crippen LogP contribution in [0, 0.1) is 5.92 Å². The molecule has 1 aliphatic rings. The summed E-state index contributed by atoms with van der Waals surface area (Å²) in [6.07, 6.45) is 7.67. The molecule has 0 radical (unpaired) electrons. The molecule has 110 valence electrons. The summed E-state index contributed by atoms with van der Waals surface area (Å²) in [5.41, 5.74) is 0. The molecule has 0 aromatic heterocycles. The first-order valence-corrected chi connectivity index (χ1v) is 7.30. The summed E-state index contributed by atoms with van der Waals surface area (Å²) in [6, 6.07) is -0.00913. The Kier molecular flexibility index (Phi) is 7.30. The van der Waals surface area contributed by atoms with Crippen molar-refractivity contribution in [3.63, 3.8) is 0 Å². The Morgan fingerprint density at radius 2 is 1.89 bits per heavy atom. The Morgan fingerprint density at radius 1 is 1.21 bits per heavy atom. The second-order valence-electron chi connectivity index (χ2n) is 5.47. The van der Waals surface area contributed by atoms with Crippen molar-refractivity contribution >= 4 is 12.0 Å². The number of hydrogen-bond acceptors (Lipinski definition) is 2. The van der Waals surface area contributed by atoms with Crippen LogP contribution in [0.4, 0.5) is 4.79 Å². The van der Waals surface area contributed by atoms with Crippen LogP contribution in [0.2, 0.25) is 0 Å². The van der Waals surface area contributed by atoms with Crippen molar-refractivity contribution in [2.75, 3.05) is 20.1 Å². The van der Waals surface area contributed by atoms with Gasteiger partial charge in [0, 0.05) is 26.6 Å². The number of unbranched alkanes of at least 4 members (excludes halogenated alkanes) is 2. The quantitative estimate of drug-likeness (QED) is 0.666. The summed E-state index contributed by atoms with van der Waals surface area (Å²) in [6.45, 7) is 1.48. The number of aliphatic carboxylic acids is 1. The molecule has 0 heterocycles. The molecule has 1 saturated carbocycles. The molecule has 0 spiro atoms. The Bertz CT molecular complexity index is 288. The highest BCUT2D eigenvalue weighted by molar-refractivity contribution is 5.73. The summed E-state index contributed by atoms with van der Waals surface area (Å²) in [5.74, 6) is -0.0772. The van der Waals surface area contributed by atoms with Crippen LogP contribution in [0.3, 0.4) is 0 Å². The SMILES string of the molecule is CN(CC1CCCC1)C(=O)NCCCCCC(=O)O. The van der Waals surface area contributed by atoms with Crippen LogP contribution in [-0.2, 0) is 4.79 Å². The van der Waals surface area contributed by atoms with E-state index in [-0.39, 0.29) is 12.5 Å². The van der Waals surface area contributed by atoms with Crippen LogP contribution in [0.1, 0.15) is 51.4 Å². The topological polar surface area (TPSA) is 69.6 Å². The van der Waals surface area contributed by atoms with Crippen molar-refractivity contribution in [1.29, 1.82) is 0 Å². The van der Waals surface area contributed by atoms with Crippen LogP contribution < -0.4 is 5.32 Å². The smallest absolute Gasteiger partial charge is 0.317 e. The minimum absolute atomic E-state index is 0.00913. The Hall–Kier alpha value is -1.26. The molecule has 0 atom stereocenters. The first-order valence-electron chi connectivity index (χ1n) is 7.30. The van der Waals surface area contributed by atoms with Crippen LogP contribution in [0.15, 0.2) is 0 Å². The number of rotatable bonds is 8. The van der Waals surface area contributed by atoms with Crippen LogP contribution in [-0.4, -0.2) is 42.1 Å². The number of urea groups is 1. The van der Waals surface area contributed by atoms with E-state index in [1.807, 2.05) is 7.05 Å². The fourth-order valence-corrected chi connectivity index (χ4v) is 2.57. The van der Waals surface area contributed by atoms with Gasteiger partial charge in [-0.15, -0.1) is 0 Å². The maximum atomic E-state index is 11.8. The zero-order chi connectivity index (χ0) is 14.1. The molecule has 0 saturated heterocycles. The zero-order valence-electron chi connectivity index (χ0n) is 11.9. The Labute approximate surface area is 115 Å². The summed E-state index contributed by atoms with van der Waals surface area (Å²) in [7, 11) is 1.85. The third kappa shape index (κ3) is 7.03. The predicted octanol–water partition coefficient (Wildman–Crippen LogP) is 2.46. The molecule has 2 N–H and O–H groups in total. The molecule has 0 bridgehead atoms. The standard InChI is InChI=1S/C14H26N2O3/c1-16(11-12-7-4-5-8-12)14(19)15-10-6-2-3-9-13(17)18/h12H,2-11H2,1H3,(H,15,19)(H,17,18). The number of hydrogen-bond donors (Lipinski definition) is 2. The van der Waals surface area contributed by atoms with E-state index in [0.29, 0.717) is 18.9 Å².